The molecule has 1 heterocycles. The topological polar surface area (TPSA) is 89.5 Å². The lowest BCUT2D eigenvalue weighted by molar-refractivity contribution is -0.124. The van der Waals surface area contributed by atoms with Crippen molar-refractivity contribution in [3.63, 3.8) is 0 Å². The molecule has 1 saturated carbocycles. The van der Waals surface area contributed by atoms with Gasteiger partial charge in [0.05, 0.1) is 11.8 Å². The van der Waals surface area contributed by atoms with Crippen LogP contribution in [0.4, 0.5) is 5.69 Å². The van der Waals surface area contributed by atoms with Gasteiger partial charge in [-0.15, -0.1) is 0 Å². The van der Waals surface area contributed by atoms with Crippen molar-refractivity contribution in [1.82, 2.24) is 10.3 Å². The van der Waals surface area contributed by atoms with Crippen LogP contribution in [-0.2, 0) is 9.59 Å². The lowest BCUT2D eigenvalue weighted by Gasteiger charge is -2.29. The molecular formula is C23H29N3O4. The number of aryl methyl sites for hydroxylation is 1. The maximum absolute atomic E-state index is 12.3. The predicted molar refractivity (Wildman–Crippen MR) is 115 cm³/mol. The fourth-order valence-corrected chi connectivity index (χ4v) is 3.43. The van der Waals surface area contributed by atoms with Gasteiger partial charge in [-0.2, -0.15) is 0 Å². The number of ether oxygens (including phenoxy) is 2. The molecule has 2 amide bonds. The van der Waals surface area contributed by atoms with Crippen molar-refractivity contribution in [2.45, 2.75) is 58.1 Å². The quantitative estimate of drug-likeness (QED) is 0.692. The molecule has 1 aliphatic carbocycles. The Morgan fingerprint density at radius 1 is 1.10 bits per heavy atom. The number of rotatable bonds is 8. The summed E-state index contributed by atoms with van der Waals surface area (Å²) in [6.07, 6.45) is 5.83. The summed E-state index contributed by atoms with van der Waals surface area (Å²) in [6, 6.07) is 11.0. The summed E-state index contributed by atoms with van der Waals surface area (Å²) in [6.45, 7) is 3.67. The van der Waals surface area contributed by atoms with Gasteiger partial charge in [0, 0.05) is 30.4 Å². The van der Waals surface area contributed by atoms with Gasteiger partial charge in [0.1, 0.15) is 11.5 Å². The molecule has 0 aliphatic heterocycles. The third kappa shape index (κ3) is 6.47. The minimum atomic E-state index is -0.148. The van der Waals surface area contributed by atoms with Crippen LogP contribution in [0.5, 0.6) is 11.5 Å². The van der Waals surface area contributed by atoms with Crippen LogP contribution in [0.3, 0.4) is 0 Å². The fraction of sp³-hybridized carbons (Fsp3) is 0.435. The standard InChI is InChI=1S/C23H29N3O4/c1-3-22(27)26-18-6-4-7-20(14-18)29-15-23(28)25-17-9-11-19(12-10-17)30-21-8-5-13-24-16(21)2/h4-8,13-14,17,19H,3,9-12,15H2,1-2H3,(H,25,28)(H,26,27). The first-order valence-corrected chi connectivity index (χ1v) is 10.4. The van der Waals surface area contributed by atoms with E-state index in [1.165, 1.54) is 0 Å². The zero-order chi connectivity index (χ0) is 21.3. The van der Waals surface area contributed by atoms with E-state index in [0.29, 0.717) is 17.9 Å². The fourth-order valence-electron chi connectivity index (χ4n) is 3.43. The van der Waals surface area contributed by atoms with E-state index < -0.39 is 0 Å². The summed E-state index contributed by atoms with van der Waals surface area (Å²) in [5.74, 6) is 1.16. The number of pyridine rings is 1. The summed E-state index contributed by atoms with van der Waals surface area (Å²) in [7, 11) is 0. The second-order valence-corrected chi connectivity index (χ2v) is 7.46. The third-order valence-corrected chi connectivity index (χ3v) is 5.10. The van der Waals surface area contributed by atoms with Crippen molar-refractivity contribution in [2.75, 3.05) is 11.9 Å². The number of nitrogens with zero attached hydrogens (tertiary/aromatic N) is 1. The Morgan fingerprint density at radius 2 is 1.90 bits per heavy atom. The van der Waals surface area contributed by atoms with Gasteiger partial charge in [-0.1, -0.05) is 13.0 Å². The first kappa shape index (κ1) is 21.6. The normalized spacial score (nSPS) is 18.3. The van der Waals surface area contributed by atoms with Crippen LogP contribution >= 0.6 is 0 Å². The van der Waals surface area contributed by atoms with Crippen LogP contribution < -0.4 is 20.1 Å². The van der Waals surface area contributed by atoms with Gasteiger partial charge < -0.3 is 20.1 Å². The molecule has 1 fully saturated rings. The molecule has 30 heavy (non-hydrogen) atoms. The second kappa shape index (κ2) is 10.6. The van der Waals surface area contributed by atoms with Crippen LogP contribution in [0, 0.1) is 6.92 Å². The number of carbonyl (C=O) groups excluding carboxylic acids is 2. The molecule has 0 unspecified atom stereocenters. The van der Waals surface area contributed by atoms with Crippen molar-refractivity contribution in [1.29, 1.82) is 0 Å². The van der Waals surface area contributed by atoms with Gasteiger partial charge in [-0.25, -0.2) is 0 Å². The lowest BCUT2D eigenvalue weighted by Crippen LogP contribution is -2.41. The van der Waals surface area contributed by atoms with Crippen LogP contribution in [0.25, 0.3) is 0 Å². The van der Waals surface area contributed by atoms with Gasteiger partial charge >= 0.3 is 0 Å². The number of aromatic nitrogens is 1. The molecule has 0 spiro atoms. The highest BCUT2D eigenvalue weighted by Crippen LogP contribution is 2.25. The molecule has 3 rings (SSSR count). The summed E-state index contributed by atoms with van der Waals surface area (Å²) < 4.78 is 11.6. The SMILES string of the molecule is CCC(=O)Nc1cccc(OCC(=O)NC2CCC(Oc3cccnc3C)CC2)c1. The number of carbonyl (C=O) groups is 2. The molecular weight excluding hydrogens is 382 g/mol. The van der Waals surface area contributed by atoms with E-state index in [1.807, 2.05) is 19.1 Å². The second-order valence-electron chi connectivity index (χ2n) is 7.46. The highest BCUT2D eigenvalue weighted by atomic mass is 16.5. The van der Waals surface area contributed by atoms with Crippen molar-refractivity contribution < 1.29 is 19.1 Å². The van der Waals surface area contributed by atoms with E-state index in [0.717, 1.165) is 37.1 Å². The van der Waals surface area contributed by atoms with Crippen molar-refractivity contribution in [2.24, 2.45) is 0 Å². The van der Waals surface area contributed by atoms with E-state index in [-0.39, 0.29) is 30.6 Å². The molecule has 0 atom stereocenters. The highest BCUT2D eigenvalue weighted by molar-refractivity contribution is 5.90. The Kier molecular flexibility index (Phi) is 7.65. The minimum absolute atomic E-state index is 0.0590. The zero-order valence-corrected chi connectivity index (χ0v) is 17.5. The van der Waals surface area contributed by atoms with Gasteiger partial charge in [-0.3, -0.25) is 14.6 Å². The molecule has 7 heteroatoms. The predicted octanol–water partition coefficient (Wildman–Crippen LogP) is 3.62. The zero-order valence-electron chi connectivity index (χ0n) is 17.5. The molecule has 160 valence electrons. The molecule has 0 radical (unpaired) electrons. The molecule has 1 aromatic carbocycles. The van der Waals surface area contributed by atoms with Gasteiger partial charge in [0.25, 0.3) is 5.91 Å². The van der Waals surface area contributed by atoms with Gasteiger partial charge in [0.2, 0.25) is 5.91 Å². The van der Waals surface area contributed by atoms with Crippen LogP contribution in [-0.4, -0.2) is 35.6 Å². The van der Waals surface area contributed by atoms with E-state index in [4.69, 9.17) is 9.47 Å². The molecule has 0 saturated heterocycles. The first-order valence-electron chi connectivity index (χ1n) is 10.4. The van der Waals surface area contributed by atoms with Crippen molar-refractivity contribution in [3.8, 4) is 11.5 Å². The number of anilines is 1. The smallest absolute Gasteiger partial charge is 0.258 e. The van der Waals surface area contributed by atoms with E-state index >= 15 is 0 Å². The number of nitrogens with one attached hydrogen (secondary N) is 2. The minimum Gasteiger partial charge on any atom is -0.489 e. The summed E-state index contributed by atoms with van der Waals surface area (Å²) in [5, 5.41) is 5.81. The Bertz CT molecular complexity index is 863. The average Bonchev–Trinajstić information content (AvgIpc) is 2.75. The maximum atomic E-state index is 12.3. The summed E-state index contributed by atoms with van der Waals surface area (Å²) >= 11 is 0. The van der Waals surface area contributed by atoms with Gasteiger partial charge in [0.15, 0.2) is 6.61 Å². The molecule has 0 bridgehead atoms. The van der Waals surface area contributed by atoms with E-state index in [2.05, 4.69) is 15.6 Å². The summed E-state index contributed by atoms with van der Waals surface area (Å²) in [4.78, 5) is 28.0. The average molecular weight is 412 g/mol. The van der Waals surface area contributed by atoms with Crippen molar-refractivity contribution in [3.05, 3.63) is 48.3 Å². The molecule has 7 nitrogen and oxygen atoms in total. The number of amides is 2. The third-order valence-electron chi connectivity index (χ3n) is 5.10. The van der Waals surface area contributed by atoms with E-state index in [1.54, 1.807) is 37.4 Å². The maximum Gasteiger partial charge on any atom is 0.258 e. The lowest BCUT2D eigenvalue weighted by atomic mass is 9.93. The Morgan fingerprint density at radius 3 is 2.63 bits per heavy atom. The van der Waals surface area contributed by atoms with Crippen LogP contribution in [0.15, 0.2) is 42.6 Å². The molecule has 2 aromatic rings. The Balaban J connectivity index is 1.39. The monoisotopic (exact) mass is 411 g/mol. The largest absolute Gasteiger partial charge is 0.489 e. The van der Waals surface area contributed by atoms with Crippen LogP contribution in [0.1, 0.15) is 44.7 Å². The summed E-state index contributed by atoms with van der Waals surface area (Å²) in [5.41, 5.74) is 1.55. The highest BCUT2D eigenvalue weighted by Gasteiger charge is 2.24. The molecule has 2 N–H and O–H groups in total. The van der Waals surface area contributed by atoms with Crippen LogP contribution in [0.2, 0.25) is 0 Å². The Hall–Kier alpha value is -3.09. The number of hydrogen-bond acceptors (Lipinski definition) is 5. The number of hydrogen-bond donors (Lipinski definition) is 2. The Labute approximate surface area is 177 Å². The molecule has 1 aliphatic rings. The first-order chi connectivity index (χ1) is 14.5. The number of benzene rings is 1. The van der Waals surface area contributed by atoms with Gasteiger partial charge in [-0.05, 0) is 56.9 Å². The van der Waals surface area contributed by atoms with E-state index in [9.17, 15) is 9.59 Å². The molecule has 1 aromatic heterocycles. The van der Waals surface area contributed by atoms with Crippen molar-refractivity contribution >= 4 is 17.5 Å².